The highest BCUT2D eigenvalue weighted by Gasteiger charge is 2.14. The van der Waals surface area contributed by atoms with Crippen LogP contribution in [0.4, 0.5) is 0 Å². The van der Waals surface area contributed by atoms with Crippen LogP contribution < -0.4 is 5.73 Å². The molecule has 0 aromatic carbocycles. The molecule has 0 fully saturated rings. The zero-order chi connectivity index (χ0) is 8.85. The Balaban J connectivity index is 0. The summed E-state index contributed by atoms with van der Waals surface area (Å²) in [5.74, 6) is -0.473. The van der Waals surface area contributed by atoms with Crippen molar-refractivity contribution in [1.29, 1.82) is 0 Å². The first-order valence-corrected chi connectivity index (χ1v) is 4.06. The normalized spacial score (nSPS) is 14.6. The van der Waals surface area contributed by atoms with Gasteiger partial charge in [-0.2, -0.15) is 0 Å². The van der Waals surface area contributed by atoms with E-state index in [1.807, 2.05) is 6.92 Å². The molecule has 74 valence electrons. The zero-order valence-electron chi connectivity index (χ0n) is 7.62. The lowest BCUT2D eigenvalue weighted by molar-refractivity contribution is -0.138. The van der Waals surface area contributed by atoms with Crippen LogP contribution in [0.1, 0.15) is 33.1 Å². The van der Waals surface area contributed by atoms with Gasteiger partial charge in [0.15, 0.2) is 0 Å². The highest BCUT2D eigenvalue weighted by molar-refractivity contribution is 5.85. The van der Waals surface area contributed by atoms with Gasteiger partial charge in [-0.3, -0.25) is 4.79 Å². The molecule has 0 heterocycles. The standard InChI is InChI=1S/C8H17NO2.ClH/c1-3-4-6(2)5-7(9)8(10)11;/h6-7H,3-5,9H2,1-2H3,(H,10,11);1H. The highest BCUT2D eigenvalue weighted by Crippen LogP contribution is 2.11. The Morgan fingerprint density at radius 1 is 1.58 bits per heavy atom. The molecule has 0 aliphatic carbocycles. The number of hydrogen-bond acceptors (Lipinski definition) is 2. The molecule has 0 aromatic heterocycles. The van der Waals surface area contributed by atoms with Gasteiger partial charge in [-0.25, -0.2) is 0 Å². The van der Waals surface area contributed by atoms with Crippen LogP contribution in [0.2, 0.25) is 0 Å². The number of carbonyl (C=O) groups is 1. The average molecular weight is 196 g/mol. The van der Waals surface area contributed by atoms with Crippen molar-refractivity contribution in [3.8, 4) is 0 Å². The van der Waals surface area contributed by atoms with E-state index in [1.54, 1.807) is 0 Å². The molecule has 2 atom stereocenters. The van der Waals surface area contributed by atoms with Crippen molar-refractivity contribution in [3.05, 3.63) is 0 Å². The Morgan fingerprint density at radius 3 is 2.42 bits per heavy atom. The maximum absolute atomic E-state index is 10.3. The molecule has 0 amide bonds. The third-order valence-electron chi connectivity index (χ3n) is 1.75. The Hall–Kier alpha value is -0.280. The van der Waals surface area contributed by atoms with Gasteiger partial charge in [0.05, 0.1) is 0 Å². The van der Waals surface area contributed by atoms with E-state index >= 15 is 0 Å². The second-order valence-electron chi connectivity index (χ2n) is 3.07. The summed E-state index contributed by atoms with van der Waals surface area (Å²) in [5, 5.41) is 8.47. The van der Waals surface area contributed by atoms with E-state index < -0.39 is 12.0 Å². The van der Waals surface area contributed by atoms with Gasteiger partial charge in [0.1, 0.15) is 6.04 Å². The largest absolute Gasteiger partial charge is 0.480 e. The van der Waals surface area contributed by atoms with Crippen LogP contribution in [0.3, 0.4) is 0 Å². The fourth-order valence-electron chi connectivity index (χ4n) is 1.14. The van der Waals surface area contributed by atoms with Crippen molar-refractivity contribution in [1.82, 2.24) is 0 Å². The lowest BCUT2D eigenvalue weighted by atomic mass is 9.98. The Kier molecular flexibility index (Phi) is 8.76. The van der Waals surface area contributed by atoms with Gasteiger partial charge in [-0.05, 0) is 12.3 Å². The SMILES string of the molecule is CCCC(C)CC(N)C(=O)O.Cl. The lowest BCUT2D eigenvalue weighted by Crippen LogP contribution is -2.31. The van der Waals surface area contributed by atoms with E-state index in [9.17, 15) is 4.79 Å². The summed E-state index contributed by atoms with van der Waals surface area (Å²) in [7, 11) is 0. The number of carboxylic acid groups (broad SMARTS) is 1. The summed E-state index contributed by atoms with van der Waals surface area (Å²) >= 11 is 0. The Bertz CT molecular complexity index is 130. The van der Waals surface area contributed by atoms with Gasteiger partial charge in [0.2, 0.25) is 0 Å². The molecule has 0 spiro atoms. The summed E-state index contributed by atoms with van der Waals surface area (Å²) in [6.45, 7) is 4.12. The van der Waals surface area contributed by atoms with Crippen LogP contribution in [-0.2, 0) is 4.79 Å². The van der Waals surface area contributed by atoms with Crippen molar-refractivity contribution in [2.24, 2.45) is 11.7 Å². The van der Waals surface area contributed by atoms with Crippen LogP contribution >= 0.6 is 12.4 Å². The molecule has 12 heavy (non-hydrogen) atoms. The summed E-state index contributed by atoms with van der Waals surface area (Å²) < 4.78 is 0. The van der Waals surface area contributed by atoms with E-state index in [0.29, 0.717) is 12.3 Å². The van der Waals surface area contributed by atoms with Crippen molar-refractivity contribution < 1.29 is 9.90 Å². The minimum absolute atomic E-state index is 0. The summed E-state index contributed by atoms with van der Waals surface area (Å²) in [4.78, 5) is 10.3. The molecule has 0 saturated heterocycles. The van der Waals surface area contributed by atoms with Crippen molar-refractivity contribution in [2.45, 2.75) is 39.2 Å². The molecular formula is C8H18ClNO2. The van der Waals surface area contributed by atoms with Crippen molar-refractivity contribution in [3.63, 3.8) is 0 Å². The first kappa shape index (κ1) is 14.3. The zero-order valence-corrected chi connectivity index (χ0v) is 8.43. The molecule has 0 bridgehead atoms. The predicted octanol–water partition coefficient (Wildman–Crippen LogP) is 1.65. The number of aliphatic carboxylic acids is 1. The highest BCUT2D eigenvalue weighted by atomic mass is 35.5. The quantitative estimate of drug-likeness (QED) is 0.701. The van der Waals surface area contributed by atoms with Crippen LogP contribution in [0.25, 0.3) is 0 Å². The molecule has 4 heteroatoms. The minimum atomic E-state index is -0.895. The number of halogens is 1. The molecule has 0 radical (unpaired) electrons. The van der Waals surface area contributed by atoms with Gasteiger partial charge >= 0.3 is 5.97 Å². The summed E-state index contributed by atoms with van der Waals surface area (Å²) in [6.07, 6.45) is 2.73. The topological polar surface area (TPSA) is 63.3 Å². The Morgan fingerprint density at radius 2 is 2.08 bits per heavy atom. The van der Waals surface area contributed by atoms with Crippen LogP contribution in [0.5, 0.6) is 0 Å². The average Bonchev–Trinajstić information content (AvgIpc) is 1.87. The smallest absolute Gasteiger partial charge is 0.320 e. The molecule has 0 rings (SSSR count). The van der Waals surface area contributed by atoms with E-state index in [2.05, 4.69) is 6.92 Å². The molecule has 3 nitrogen and oxygen atoms in total. The third kappa shape index (κ3) is 6.43. The van der Waals surface area contributed by atoms with Gasteiger partial charge in [-0.15, -0.1) is 12.4 Å². The lowest BCUT2D eigenvalue weighted by Gasteiger charge is -2.12. The summed E-state index contributed by atoms with van der Waals surface area (Å²) in [5.41, 5.74) is 5.35. The Labute approximate surface area is 79.7 Å². The van der Waals surface area contributed by atoms with E-state index in [4.69, 9.17) is 10.8 Å². The third-order valence-corrected chi connectivity index (χ3v) is 1.75. The molecule has 0 aliphatic rings. The van der Waals surface area contributed by atoms with Gasteiger partial charge < -0.3 is 10.8 Å². The van der Waals surface area contributed by atoms with Gasteiger partial charge in [0, 0.05) is 0 Å². The number of carboxylic acids is 1. The van der Waals surface area contributed by atoms with Gasteiger partial charge in [0.25, 0.3) is 0 Å². The molecule has 0 saturated carbocycles. The maximum atomic E-state index is 10.3. The van der Waals surface area contributed by atoms with Crippen LogP contribution in [-0.4, -0.2) is 17.1 Å². The molecular weight excluding hydrogens is 178 g/mol. The van der Waals surface area contributed by atoms with Crippen LogP contribution in [0, 0.1) is 5.92 Å². The fourth-order valence-corrected chi connectivity index (χ4v) is 1.14. The van der Waals surface area contributed by atoms with E-state index in [1.165, 1.54) is 0 Å². The molecule has 0 aliphatic heterocycles. The predicted molar refractivity (Wildman–Crippen MR) is 51.5 cm³/mol. The van der Waals surface area contributed by atoms with Gasteiger partial charge in [-0.1, -0.05) is 26.7 Å². The second-order valence-corrected chi connectivity index (χ2v) is 3.07. The maximum Gasteiger partial charge on any atom is 0.320 e. The van der Waals surface area contributed by atoms with Crippen molar-refractivity contribution >= 4 is 18.4 Å². The van der Waals surface area contributed by atoms with Crippen molar-refractivity contribution in [2.75, 3.05) is 0 Å². The first-order valence-electron chi connectivity index (χ1n) is 4.06. The number of nitrogens with two attached hydrogens (primary N) is 1. The molecule has 2 unspecified atom stereocenters. The molecule has 3 N–H and O–H groups in total. The number of rotatable bonds is 5. The van der Waals surface area contributed by atoms with E-state index in [0.717, 1.165) is 12.8 Å². The monoisotopic (exact) mass is 195 g/mol. The van der Waals surface area contributed by atoms with Crippen LogP contribution in [0.15, 0.2) is 0 Å². The first-order chi connectivity index (χ1) is 5.07. The minimum Gasteiger partial charge on any atom is -0.480 e. The fraction of sp³-hybridized carbons (Fsp3) is 0.875. The number of hydrogen-bond donors (Lipinski definition) is 2. The van der Waals surface area contributed by atoms with E-state index in [-0.39, 0.29) is 12.4 Å². The molecule has 0 aromatic rings. The second kappa shape index (κ2) is 7.37. The summed E-state index contributed by atoms with van der Waals surface area (Å²) in [6, 6.07) is -0.684.